The highest BCUT2D eigenvalue weighted by molar-refractivity contribution is 6.31. The maximum absolute atomic E-state index is 6.38. The third kappa shape index (κ3) is 2.11. The van der Waals surface area contributed by atoms with Gasteiger partial charge < -0.3 is 5.73 Å². The van der Waals surface area contributed by atoms with Gasteiger partial charge in [-0.3, -0.25) is 4.68 Å². The minimum absolute atomic E-state index is 0.0531. The van der Waals surface area contributed by atoms with Crippen LogP contribution >= 0.6 is 11.6 Å². The van der Waals surface area contributed by atoms with Gasteiger partial charge in [-0.1, -0.05) is 31.4 Å². The molecule has 0 aliphatic heterocycles. The van der Waals surface area contributed by atoms with Crippen LogP contribution in [0, 0.1) is 0 Å². The third-order valence-electron chi connectivity index (χ3n) is 3.62. The van der Waals surface area contributed by atoms with E-state index >= 15 is 0 Å². The Morgan fingerprint density at radius 2 is 2.06 bits per heavy atom. The fourth-order valence-corrected chi connectivity index (χ4v) is 2.96. The van der Waals surface area contributed by atoms with Gasteiger partial charge >= 0.3 is 0 Å². The molecule has 0 spiro atoms. The molecule has 16 heavy (non-hydrogen) atoms. The van der Waals surface area contributed by atoms with E-state index in [2.05, 4.69) is 12.0 Å². The molecule has 0 radical (unpaired) electrons. The number of rotatable bonds is 3. The van der Waals surface area contributed by atoms with E-state index in [0.717, 1.165) is 42.1 Å². The first-order chi connectivity index (χ1) is 7.56. The number of nitrogens with zero attached hydrogens (tertiary/aromatic N) is 2. The van der Waals surface area contributed by atoms with E-state index in [-0.39, 0.29) is 5.54 Å². The van der Waals surface area contributed by atoms with Gasteiger partial charge in [0.15, 0.2) is 0 Å². The van der Waals surface area contributed by atoms with Crippen LogP contribution in [0.5, 0.6) is 0 Å². The average molecular weight is 242 g/mol. The minimum atomic E-state index is -0.0531. The van der Waals surface area contributed by atoms with E-state index in [9.17, 15) is 0 Å². The van der Waals surface area contributed by atoms with Crippen LogP contribution in [0.25, 0.3) is 0 Å². The Hall–Kier alpha value is -0.540. The number of nitrogens with two attached hydrogens (primary N) is 1. The normalized spacial score (nSPS) is 19.2. The second-order valence-electron chi connectivity index (χ2n) is 4.93. The third-order valence-corrected chi connectivity index (χ3v) is 4.06. The molecule has 1 fully saturated rings. The summed E-state index contributed by atoms with van der Waals surface area (Å²) in [5, 5.41) is 5.25. The smallest absolute Gasteiger partial charge is 0.0850 e. The van der Waals surface area contributed by atoms with Crippen molar-refractivity contribution < 1.29 is 0 Å². The molecule has 1 aromatic rings. The lowest BCUT2D eigenvalue weighted by Gasteiger charge is -2.23. The molecular formula is C12H20ClN3. The Kier molecular flexibility index (Phi) is 3.27. The fraction of sp³-hybridized carbons (Fsp3) is 0.750. The van der Waals surface area contributed by atoms with Crippen molar-refractivity contribution in [1.82, 2.24) is 9.78 Å². The van der Waals surface area contributed by atoms with Crippen molar-refractivity contribution in [1.29, 1.82) is 0 Å². The molecule has 3 nitrogen and oxygen atoms in total. The van der Waals surface area contributed by atoms with Gasteiger partial charge in [-0.25, -0.2) is 0 Å². The van der Waals surface area contributed by atoms with Crippen molar-refractivity contribution >= 4 is 11.6 Å². The molecule has 90 valence electrons. The number of hydrogen-bond acceptors (Lipinski definition) is 2. The zero-order chi connectivity index (χ0) is 11.8. The van der Waals surface area contributed by atoms with E-state index < -0.39 is 0 Å². The van der Waals surface area contributed by atoms with Crippen LogP contribution in [-0.4, -0.2) is 15.3 Å². The molecule has 0 aromatic carbocycles. The molecule has 0 unspecified atom stereocenters. The first-order valence-corrected chi connectivity index (χ1v) is 6.42. The Labute approximate surface area is 102 Å². The lowest BCUT2D eigenvalue weighted by molar-refractivity contribution is 0.423. The number of aryl methyl sites for hydroxylation is 2. The molecule has 0 saturated heterocycles. The number of hydrogen-bond donors (Lipinski definition) is 1. The van der Waals surface area contributed by atoms with Crippen molar-refractivity contribution in [3.8, 4) is 0 Å². The second kappa shape index (κ2) is 4.38. The lowest BCUT2D eigenvalue weighted by Crippen LogP contribution is -2.39. The van der Waals surface area contributed by atoms with E-state index in [1.165, 1.54) is 12.8 Å². The molecule has 1 aliphatic carbocycles. The lowest BCUT2D eigenvalue weighted by atomic mass is 9.93. The van der Waals surface area contributed by atoms with Gasteiger partial charge in [0, 0.05) is 19.0 Å². The summed E-state index contributed by atoms with van der Waals surface area (Å²) in [6.45, 7) is 2.08. The SMILES string of the molecule is CCc1nn(C)c(CC2(N)CCCC2)c1Cl. The van der Waals surface area contributed by atoms with Crippen LogP contribution in [-0.2, 0) is 19.9 Å². The van der Waals surface area contributed by atoms with Crippen LogP contribution in [0.4, 0.5) is 0 Å². The Morgan fingerprint density at radius 3 is 2.56 bits per heavy atom. The summed E-state index contributed by atoms with van der Waals surface area (Å²) in [4.78, 5) is 0. The van der Waals surface area contributed by atoms with Crippen LogP contribution < -0.4 is 5.73 Å². The summed E-state index contributed by atoms with van der Waals surface area (Å²) in [7, 11) is 1.96. The zero-order valence-corrected chi connectivity index (χ0v) is 10.8. The van der Waals surface area contributed by atoms with Crippen molar-refractivity contribution in [2.45, 2.75) is 51.0 Å². The molecule has 1 heterocycles. The summed E-state index contributed by atoms with van der Waals surface area (Å²) >= 11 is 6.33. The molecule has 0 atom stereocenters. The average Bonchev–Trinajstić information content (AvgIpc) is 2.78. The van der Waals surface area contributed by atoms with Gasteiger partial charge in [0.05, 0.1) is 16.4 Å². The van der Waals surface area contributed by atoms with E-state index in [1.807, 2.05) is 11.7 Å². The summed E-state index contributed by atoms with van der Waals surface area (Å²) in [6, 6.07) is 0. The van der Waals surface area contributed by atoms with Crippen molar-refractivity contribution in [3.05, 3.63) is 16.4 Å². The largest absolute Gasteiger partial charge is 0.325 e. The molecule has 1 saturated carbocycles. The molecular weight excluding hydrogens is 222 g/mol. The highest BCUT2D eigenvalue weighted by atomic mass is 35.5. The quantitative estimate of drug-likeness (QED) is 0.884. The minimum Gasteiger partial charge on any atom is -0.325 e. The summed E-state index contributed by atoms with van der Waals surface area (Å²) in [5.41, 5.74) is 8.41. The molecule has 1 aliphatic rings. The van der Waals surface area contributed by atoms with Crippen LogP contribution in [0.2, 0.25) is 5.02 Å². The Bertz CT molecular complexity index is 378. The monoisotopic (exact) mass is 241 g/mol. The van der Waals surface area contributed by atoms with Crippen molar-refractivity contribution in [2.24, 2.45) is 12.8 Å². The predicted molar refractivity (Wildman–Crippen MR) is 66.7 cm³/mol. The number of halogens is 1. The maximum atomic E-state index is 6.38. The predicted octanol–water partition coefficient (Wildman–Crippen LogP) is 2.45. The van der Waals surface area contributed by atoms with E-state index in [1.54, 1.807) is 0 Å². The van der Waals surface area contributed by atoms with Gasteiger partial charge in [-0.2, -0.15) is 5.10 Å². The molecule has 0 amide bonds. The molecule has 2 N–H and O–H groups in total. The van der Waals surface area contributed by atoms with Crippen LogP contribution in [0.15, 0.2) is 0 Å². The van der Waals surface area contributed by atoms with E-state index in [0.29, 0.717) is 0 Å². The number of aromatic nitrogens is 2. The molecule has 1 aromatic heterocycles. The van der Waals surface area contributed by atoms with Crippen molar-refractivity contribution in [3.63, 3.8) is 0 Å². The zero-order valence-electron chi connectivity index (χ0n) is 10.1. The standard InChI is InChI=1S/C12H20ClN3/c1-3-9-11(13)10(16(2)15-9)8-12(14)6-4-5-7-12/h3-8,14H2,1-2H3. The first-order valence-electron chi connectivity index (χ1n) is 6.05. The topological polar surface area (TPSA) is 43.8 Å². The highest BCUT2D eigenvalue weighted by Crippen LogP contribution is 2.33. The second-order valence-corrected chi connectivity index (χ2v) is 5.31. The molecule has 2 rings (SSSR count). The maximum Gasteiger partial charge on any atom is 0.0850 e. The Morgan fingerprint density at radius 1 is 1.44 bits per heavy atom. The highest BCUT2D eigenvalue weighted by Gasteiger charge is 2.31. The first kappa shape index (κ1) is 11.9. The fourth-order valence-electron chi connectivity index (χ4n) is 2.60. The molecule has 0 bridgehead atoms. The summed E-state index contributed by atoms with van der Waals surface area (Å²) in [5.74, 6) is 0. The van der Waals surface area contributed by atoms with Crippen LogP contribution in [0.1, 0.15) is 44.0 Å². The van der Waals surface area contributed by atoms with Crippen LogP contribution in [0.3, 0.4) is 0 Å². The van der Waals surface area contributed by atoms with Gasteiger partial charge in [0.2, 0.25) is 0 Å². The summed E-state index contributed by atoms with van der Waals surface area (Å²) < 4.78 is 1.90. The van der Waals surface area contributed by atoms with Crippen molar-refractivity contribution in [2.75, 3.05) is 0 Å². The van der Waals surface area contributed by atoms with E-state index in [4.69, 9.17) is 17.3 Å². The van der Waals surface area contributed by atoms with Gasteiger partial charge in [-0.15, -0.1) is 0 Å². The molecule has 4 heteroatoms. The summed E-state index contributed by atoms with van der Waals surface area (Å²) in [6.07, 6.45) is 6.44. The Balaban J connectivity index is 2.23. The van der Waals surface area contributed by atoms with Gasteiger partial charge in [0.25, 0.3) is 0 Å². The van der Waals surface area contributed by atoms with Gasteiger partial charge in [-0.05, 0) is 19.3 Å². The van der Waals surface area contributed by atoms with Gasteiger partial charge in [0.1, 0.15) is 0 Å².